The van der Waals surface area contributed by atoms with Gasteiger partial charge >= 0.3 is 5.97 Å². The first-order valence-electron chi connectivity index (χ1n) is 11.7. The average molecular weight is 503 g/mol. The monoisotopic (exact) mass is 502 g/mol. The van der Waals surface area contributed by atoms with Crippen LogP contribution >= 0.6 is 11.6 Å². The maximum absolute atomic E-state index is 14.2. The molecule has 6 atom stereocenters. The minimum absolute atomic E-state index is 0.0160. The van der Waals surface area contributed by atoms with Crippen molar-refractivity contribution in [2.24, 2.45) is 11.8 Å². The first-order valence-corrected chi connectivity index (χ1v) is 12.1. The highest BCUT2D eigenvalue weighted by Gasteiger charge is 2.79. The Bertz CT molecular complexity index is 1040. The molecule has 9 heteroatoms. The lowest BCUT2D eigenvalue weighted by Crippen LogP contribution is -2.58. The Kier molecular flexibility index (Phi) is 6.83. The van der Waals surface area contributed by atoms with Crippen LogP contribution in [0, 0.1) is 11.8 Å². The smallest absolute Gasteiger partial charge is 0.313 e. The van der Waals surface area contributed by atoms with Gasteiger partial charge in [-0.25, -0.2) is 0 Å². The van der Waals surface area contributed by atoms with Crippen LogP contribution in [0.1, 0.15) is 26.7 Å². The van der Waals surface area contributed by atoms with E-state index in [9.17, 15) is 19.5 Å². The molecule has 3 saturated heterocycles. The second kappa shape index (κ2) is 9.41. The molecule has 3 aliphatic rings. The number of esters is 1. The van der Waals surface area contributed by atoms with Crippen LogP contribution in [0.25, 0.3) is 0 Å². The number of halogens is 1. The lowest BCUT2D eigenvalue weighted by molar-refractivity contribution is -0.159. The van der Waals surface area contributed by atoms with Crippen LogP contribution in [0.3, 0.4) is 0 Å². The number of likely N-dealkylation sites (tertiary alicyclic amines) is 1. The van der Waals surface area contributed by atoms with E-state index in [-0.39, 0.29) is 31.6 Å². The fraction of sp³-hybridized carbons (Fsp3) is 0.500. The Morgan fingerprint density at radius 2 is 2.00 bits per heavy atom. The molecule has 188 valence electrons. The predicted octanol–water partition coefficient (Wildman–Crippen LogP) is 2.73. The molecule has 2 bridgehead atoms. The zero-order valence-electron chi connectivity index (χ0n) is 20.0. The van der Waals surface area contributed by atoms with Gasteiger partial charge in [0.05, 0.1) is 24.2 Å². The summed E-state index contributed by atoms with van der Waals surface area (Å²) in [6.07, 6.45) is 3.99. The third-order valence-electron chi connectivity index (χ3n) is 7.50. The number of rotatable bonds is 9. The van der Waals surface area contributed by atoms with E-state index in [4.69, 9.17) is 21.1 Å². The molecule has 2 unspecified atom stereocenters. The number of hydrogen-bond donors (Lipinski definition) is 1. The van der Waals surface area contributed by atoms with Crippen molar-refractivity contribution in [1.29, 1.82) is 0 Å². The second-order valence-corrected chi connectivity index (χ2v) is 10.1. The zero-order valence-corrected chi connectivity index (χ0v) is 20.7. The lowest BCUT2D eigenvalue weighted by atomic mass is 9.66. The van der Waals surface area contributed by atoms with Crippen LogP contribution in [-0.4, -0.2) is 70.8 Å². The molecular weight excluding hydrogens is 472 g/mol. The maximum atomic E-state index is 14.2. The van der Waals surface area contributed by atoms with Gasteiger partial charge in [-0.1, -0.05) is 30.3 Å². The van der Waals surface area contributed by atoms with E-state index in [2.05, 4.69) is 13.2 Å². The molecular formula is C26H31ClN2O6. The summed E-state index contributed by atoms with van der Waals surface area (Å²) in [6, 6.07) is 5.11. The zero-order chi connectivity index (χ0) is 25.5. The quantitative estimate of drug-likeness (QED) is 0.412. The van der Waals surface area contributed by atoms with Gasteiger partial charge in [-0.05, 0) is 51.0 Å². The van der Waals surface area contributed by atoms with Crippen LogP contribution in [0.5, 0.6) is 0 Å². The average Bonchev–Trinajstić information content (AvgIpc) is 3.41. The van der Waals surface area contributed by atoms with E-state index < -0.39 is 41.1 Å². The summed E-state index contributed by atoms with van der Waals surface area (Å²) >= 11 is 6.05. The largest absolute Gasteiger partial charge is 0.461 e. The van der Waals surface area contributed by atoms with Crippen molar-refractivity contribution < 1.29 is 29.0 Å². The van der Waals surface area contributed by atoms with Gasteiger partial charge in [-0.2, -0.15) is 0 Å². The molecule has 2 amide bonds. The Morgan fingerprint density at radius 1 is 1.31 bits per heavy atom. The van der Waals surface area contributed by atoms with Crippen molar-refractivity contribution in [3.63, 3.8) is 0 Å². The molecule has 3 heterocycles. The van der Waals surface area contributed by atoms with E-state index in [1.807, 2.05) is 0 Å². The van der Waals surface area contributed by atoms with E-state index >= 15 is 0 Å². The van der Waals surface area contributed by atoms with Gasteiger partial charge in [0.2, 0.25) is 5.91 Å². The van der Waals surface area contributed by atoms with Gasteiger partial charge in [0.25, 0.3) is 5.91 Å². The molecule has 0 saturated carbocycles. The summed E-state index contributed by atoms with van der Waals surface area (Å²) in [7, 11) is 0. The van der Waals surface area contributed by atoms with E-state index in [1.54, 1.807) is 44.2 Å². The molecule has 0 radical (unpaired) electrons. The van der Waals surface area contributed by atoms with E-state index in [1.165, 1.54) is 15.9 Å². The van der Waals surface area contributed by atoms with Gasteiger partial charge in [0, 0.05) is 17.3 Å². The number of aliphatic hydroxyl groups is 1. The summed E-state index contributed by atoms with van der Waals surface area (Å²) in [5, 5.41) is 10.5. The summed E-state index contributed by atoms with van der Waals surface area (Å²) in [5.41, 5.74) is -1.56. The number of nitrogens with zero attached hydrogens (tertiary/aromatic N) is 2. The highest BCUT2D eigenvalue weighted by Crippen LogP contribution is 2.63. The topological polar surface area (TPSA) is 96.4 Å². The summed E-state index contributed by atoms with van der Waals surface area (Å²) in [6.45, 7) is 10.7. The maximum Gasteiger partial charge on any atom is 0.313 e. The number of hydrogen-bond acceptors (Lipinski definition) is 6. The van der Waals surface area contributed by atoms with Crippen LogP contribution in [0.15, 0.2) is 49.6 Å². The van der Waals surface area contributed by atoms with Gasteiger partial charge in [-0.3, -0.25) is 14.4 Å². The summed E-state index contributed by atoms with van der Waals surface area (Å²) in [5.74, 6) is -3.05. The fourth-order valence-corrected chi connectivity index (χ4v) is 6.14. The Balaban J connectivity index is 1.80. The van der Waals surface area contributed by atoms with E-state index in [0.29, 0.717) is 23.6 Å². The molecule has 1 aromatic rings. The van der Waals surface area contributed by atoms with Gasteiger partial charge in [0.1, 0.15) is 24.2 Å². The fourth-order valence-electron chi connectivity index (χ4n) is 6.01. The minimum atomic E-state index is -1.21. The number of carbonyl (C=O) groups excluding carboxylic acids is 3. The normalized spacial score (nSPS) is 31.7. The van der Waals surface area contributed by atoms with Crippen molar-refractivity contribution in [2.45, 2.75) is 50.0 Å². The molecule has 8 nitrogen and oxygen atoms in total. The van der Waals surface area contributed by atoms with Crippen LogP contribution in [0.2, 0.25) is 5.02 Å². The molecule has 3 aliphatic heterocycles. The Hall–Kier alpha value is -2.68. The number of ether oxygens (including phenoxy) is 2. The number of carbonyl (C=O) groups is 3. The third-order valence-corrected chi connectivity index (χ3v) is 7.75. The molecule has 0 aliphatic carbocycles. The minimum Gasteiger partial charge on any atom is -0.461 e. The molecule has 35 heavy (non-hydrogen) atoms. The Morgan fingerprint density at radius 3 is 2.60 bits per heavy atom. The number of fused-ring (bicyclic) bond motifs is 1. The van der Waals surface area contributed by atoms with Crippen LogP contribution < -0.4 is 4.90 Å². The van der Waals surface area contributed by atoms with Gasteiger partial charge in [0.15, 0.2) is 0 Å². The lowest BCUT2D eigenvalue weighted by Gasteiger charge is -2.38. The SMILES string of the molecule is C=CCOC(=O)[C@H]1[C@H]2C(=O)N([C@H](C)CO)C(C(=O)N(CC=C)c3ccc(Cl)cc3)C23CC[C@]1(C)O3. The highest BCUT2D eigenvalue weighted by atomic mass is 35.5. The summed E-state index contributed by atoms with van der Waals surface area (Å²) in [4.78, 5) is 44.1. The first-order chi connectivity index (χ1) is 16.6. The van der Waals surface area contributed by atoms with Crippen molar-refractivity contribution in [3.8, 4) is 0 Å². The molecule has 1 N–H and O–H groups in total. The number of anilines is 1. The second-order valence-electron chi connectivity index (χ2n) is 9.64. The number of amides is 2. The summed E-state index contributed by atoms with van der Waals surface area (Å²) < 4.78 is 11.9. The van der Waals surface area contributed by atoms with Crippen LogP contribution in [0.4, 0.5) is 5.69 Å². The van der Waals surface area contributed by atoms with Crippen molar-refractivity contribution in [1.82, 2.24) is 4.90 Å². The standard InChI is InChI=1S/C26H31ClN2O6/c1-5-13-28(18-9-7-17(27)8-10-18)23(32)21-26-12-11-25(4,35-26)20(24(33)34-14-6-2)19(26)22(31)29(21)16(3)15-30/h5-10,16,19-21,30H,1-2,11-15H2,3-4H3/t16-,19+,20-,21?,25+,26?/m1/s1. The van der Waals surface area contributed by atoms with Crippen molar-refractivity contribution in [2.75, 3.05) is 24.7 Å². The highest BCUT2D eigenvalue weighted by molar-refractivity contribution is 6.30. The van der Waals surface area contributed by atoms with Crippen molar-refractivity contribution in [3.05, 3.63) is 54.6 Å². The predicted molar refractivity (Wildman–Crippen MR) is 131 cm³/mol. The molecule has 0 aromatic heterocycles. The van der Waals surface area contributed by atoms with Crippen LogP contribution in [-0.2, 0) is 23.9 Å². The van der Waals surface area contributed by atoms with E-state index in [0.717, 1.165) is 0 Å². The van der Waals surface area contributed by atoms with Crippen molar-refractivity contribution >= 4 is 35.1 Å². The third kappa shape index (κ3) is 3.88. The number of aliphatic hydroxyl groups excluding tert-OH is 1. The van der Waals surface area contributed by atoms with Gasteiger partial charge in [-0.15, -0.1) is 6.58 Å². The molecule has 1 spiro atoms. The van der Waals surface area contributed by atoms with Gasteiger partial charge < -0.3 is 24.4 Å². The number of benzene rings is 1. The first kappa shape index (κ1) is 25.4. The molecule has 4 rings (SSSR count). The Labute approximate surface area is 210 Å². The molecule has 3 fully saturated rings. The molecule has 1 aromatic carbocycles.